The van der Waals surface area contributed by atoms with Crippen molar-refractivity contribution in [1.82, 2.24) is 40.0 Å². The van der Waals surface area contributed by atoms with E-state index in [1.54, 1.807) is 37.8 Å². The largest absolute Gasteiger partial charge is 0.491 e. The summed E-state index contributed by atoms with van der Waals surface area (Å²) in [6.45, 7) is 23.4. The van der Waals surface area contributed by atoms with E-state index in [0.29, 0.717) is 75.2 Å². The number of ether oxygens (including phenoxy) is 3. The quantitative estimate of drug-likeness (QED) is 0.151. The molecule has 60 heavy (non-hydrogen) atoms. The summed E-state index contributed by atoms with van der Waals surface area (Å²) in [7, 11) is 0. The highest BCUT2D eigenvalue weighted by Gasteiger charge is 2.29. The van der Waals surface area contributed by atoms with Gasteiger partial charge in [-0.3, -0.25) is 10.1 Å². The molecule has 0 saturated carbocycles. The van der Waals surface area contributed by atoms with Crippen molar-refractivity contribution in [2.45, 2.75) is 86.3 Å². The van der Waals surface area contributed by atoms with Crippen LogP contribution in [0.15, 0.2) is 45.1 Å². The van der Waals surface area contributed by atoms with E-state index in [0.717, 1.165) is 36.6 Å². The molecule has 7 heterocycles. The average molecular weight is 1010 g/mol. The first-order valence-electron chi connectivity index (χ1n) is 18.8. The zero-order valence-corrected chi connectivity index (χ0v) is 40.9. The molecule has 2 amide bonds. The lowest BCUT2D eigenvalue weighted by molar-refractivity contribution is 0.0634. The number of thiazole rings is 2. The van der Waals surface area contributed by atoms with Crippen LogP contribution in [0.2, 0.25) is 0 Å². The van der Waals surface area contributed by atoms with Gasteiger partial charge in [0.25, 0.3) is 11.9 Å². The second-order valence-electron chi connectivity index (χ2n) is 16.6. The summed E-state index contributed by atoms with van der Waals surface area (Å²) in [4.78, 5) is 49.3. The molecule has 0 fully saturated rings. The maximum atomic E-state index is 12.2. The second-order valence-corrected chi connectivity index (χ2v) is 21.5. The van der Waals surface area contributed by atoms with Crippen molar-refractivity contribution in [2.24, 2.45) is 11.1 Å². The van der Waals surface area contributed by atoms with Gasteiger partial charge in [0.1, 0.15) is 39.9 Å². The van der Waals surface area contributed by atoms with Gasteiger partial charge >= 0.3 is 6.09 Å². The van der Waals surface area contributed by atoms with Gasteiger partial charge in [0.15, 0.2) is 15.8 Å². The van der Waals surface area contributed by atoms with E-state index in [9.17, 15) is 9.59 Å². The van der Waals surface area contributed by atoms with Crippen molar-refractivity contribution < 1.29 is 23.8 Å². The van der Waals surface area contributed by atoms with Gasteiger partial charge in [0.2, 0.25) is 0 Å². The van der Waals surface area contributed by atoms with E-state index in [2.05, 4.69) is 94.9 Å². The highest BCUT2D eigenvalue weighted by Crippen LogP contribution is 2.41. The minimum absolute atomic E-state index is 0.167. The maximum Gasteiger partial charge on any atom is 0.414 e. The Morgan fingerprint density at radius 3 is 1.92 bits per heavy atom. The number of aromatic nitrogens is 7. The van der Waals surface area contributed by atoms with Crippen LogP contribution >= 0.6 is 66.3 Å². The number of hydrogen-bond donors (Lipinski definition) is 3. The van der Waals surface area contributed by atoms with Crippen LogP contribution in [0.25, 0.3) is 33.6 Å². The topological polar surface area (TPSA) is 194 Å². The lowest BCUT2D eigenvalue weighted by atomic mass is 9.98. The van der Waals surface area contributed by atoms with Gasteiger partial charge in [-0.15, -0.1) is 39.5 Å². The number of anilines is 1. The smallest absolute Gasteiger partial charge is 0.414 e. The van der Waals surface area contributed by atoms with E-state index in [1.807, 2.05) is 39.2 Å². The number of pyridine rings is 2. The molecule has 7 rings (SSSR count). The first-order chi connectivity index (χ1) is 28.0. The maximum absolute atomic E-state index is 12.2. The molecule has 0 unspecified atom stereocenters. The average Bonchev–Trinajstić information content (AvgIpc) is 3.83. The molecule has 0 saturated heterocycles. The van der Waals surface area contributed by atoms with Gasteiger partial charge in [-0.2, -0.15) is 4.98 Å². The SMILES string of the molecule is C=C(NC(=O)c1nc2c(s1)CCOc1cc(Br)cnc1-2)SC.CC(C)(C)CN.CC(C)(C)OC(=O)Nc1nc(-c2nc3c(s2)CCOc2cc(Br)cnc2-3)n(C(C)(C)C)n1. The highest BCUT2D eigenvalue weighted by molar-refractivity contribution is 9.10. The zero-order valence-electron chi connectivity index (χ0n) is 35.3. The van der Waals surface area contributed by atoms with E-state index in [1.165, 1.54) is 34.4 Å². The first-order valence-corrected chi connectivity index (χ1v) is 23.3. The monoisotopic (exact) mass is 1000 g/mol. The number of amides is 2. The predicted octanol–water partition coefficient (Wildman–Crippen LogP) is 9.72. The van der Waals surface area contributed by atoms with E-state index in [4.69, 9.17) is 24.9 Å². The molecule has 322 valence electrons. The van der Waals surface area contributed by atoms with Gasteiger partial charge in [-0.05, 0) is 104 Å². The summed E-state index contributed by atoms with van der Waals surface area (Å²) < 4.78 is 20.4. The Bertz CT molecular complexity index is 2360. The molecule has 2 aliphatic heterocycles. The van der Waals surface area contributed by atoms with Crippen molar-refractivity contribution in [3.8, 4) is 45.1 Å². The van der Waals surface area contributed by atoms with E-state index < -0.39 is 11.7 Å². The summed E-state index contributed by atoms with van der Waals surface area (Å²) in [5.74, 6) is 1.87. The van der Waals surface area contributed by atoms with Gasteiger partial charge < -0.3 is 25.3 Å². The normalized spacial score (nSPS) is 13.1. The van der Waals surface area contributed by atoms with E-state index in [-0.39, 0.29) is 17.4 Å². The number of thioether (sulfide) groups is 1. The lowest BCUT2D eigenvalue weighted by Crippen LogP contribution is -2.28. The number of hydrogen-bond acceptors (Lipinski definition) is 15. The fourth-order valence-corrected chi connectivity index (χ4v) is 7.90. The molecule has 5 aromatic heterocycles. The number of rotatable bonds is 5. The van der Waals surface area contributed by atoms with Gasteiger partial charge in [0.05, 0.1) is 23.8 Å². The number of nitrogens with two attached hydrogens (primary N) is 1. The van der Waals surface area contributed by atoms with Gasteiger partial charge in [0, 0.05) is 43.9 Å². The molecule has 0 atom stereocenters. The Balaban J connectivity index is 0.000000211. The molecule has 2 aliphatic rings. The van der Waals surface area contributed by atoms with Crippen LogP contribution in [0.5, 0.6) is 11.5 Å². The molecule has 5 aromatic rings. The minimum atomic E-state index is -0.621. The Labute approximate surface area is 379 Å². The molecule has 0 spiro atoms. The predicted molar refractivity (Wildman–Crippen MR) is 247 cm³/mol. The number of carbonyl (C=O) groups excluding carboxylic acids is 2. The molecule has 4 N–H and O–H groups in total. The third-order valence-electron chi connectivity index (χ3n) is 8.01. The summed E-state index contributed by atoms with van der Waals surface area (Å²) >= 11 is 11.1. The van der Waals surface area contributed by atoms with Gasteiger partial charge in [-0.1, -0.05) is 27.4 Å². The molecular formula is C40H50Br2N10O5S3. The fraction of sp³-hybridized carbons (Fsp3) is 0.450. The Kier molecular flexibility index (Phi) is 15.2. The summed E-state index contributed by atoms with van der Waals surface area (Å²) in [6, 6.07) is 3.77. The molecule has 0 radical (unpaired) electrons. The van der Waals surface area contributed by atoms with Crippen molar-refractivity contribution >= 4 is 84.2 Å². The number of halogens is 2. The van der Waals surface area contributed by atoms with Crippen LogP contribution in [0.4, 0.5) is 10.7 Å². The first kappa shape index (κ1) is 47.1. The fourth-order valence-electron chi connectivity index (χ4n) is 5.13. The number of fused-ring (bicyclic) bond motifs is 6. The standard InChI is InChI=1S/C21H25BrN6O3S.C14H12BrN3O2S2.C5H13N/c1-20(2,3)28-16(25-18(27-28)26-19(29)31-21(4,5)6)17-24-15-13(32-17)7-8-30-12-9-11(22)10-23-14(12)15;1-7(21-2)17-13(19)14-18-12-10(22-14)3-4-20-9-5-8(15)6-16-11(9)12;1-5(2,3)4-6/h9-10H,7-8H2,1-6H3,(H,26,27,29);5-6H,1,3-4H2,2H3,(H,17,19);4,6H2,1-3H3. The Morgan fingerprint density at radius 1 is 0.883 bits per heavy atom. The van der Waals surface area contributed by atoms with Gasteiger partial charge in [-0.25, -0.2) is 29.4 Å². The number of nitrogens with zero attached hydrogens (tertiary/aromatic N) is 7. The molecule has 15 nitrogen and oxygen atoms in total. The number of carbonyl (C=O) groups is 2. The van der Waals surface area contributed by atoms with Crippen molar-refractivity contribution in [2.75, 3.05) is 31.3 Å². The summed E-state index contributed by atoms with van der Waals surface area (Å²) in [6.07, 6.45) is 6.11. The van der Waals surface area contributed by atoms with Crippen LogP contribution < -0.4 is 25.8 Å². The molecule has 0 bridgehead atoms. The van der Waals surface area contributed by atoms with E-state index >= 15 is 0 Å². The second kappa shape index (κ2) is 19.4. The van der Waals surface area contributed by atoms with Crippen LogP contribution in [-0.4, -0.2) is 78.3 Å². The van der Waals surface area contributed by atoms with Crippen molar-refractivity contribution in [3.05, 3.63) is 59.8 Å². The molecule has 20 heteroatoms. The van der Waals surface area contributed by atoms with Crippen molar-refractivity contribution in [1.29, 1.82) is 0 Å². The third-order valence-corrected chi connectivity index (χ3v) is 11.7. The number of nitrogens with one attached hydrogen (secondary N) is 2. The Morgan fingerprint density at radius 2 is 1.42 bits per heavy atom. The molecular weight excluding hydrogens is 957 g/mol. The summed E-state index contributed by atoms with van der Waals surface area (Å²) in [5.41, 5.74) is 7.51. The van der Waals surface area contributed by atoms with Crippen LogP contribution in [-0.2, 0) is 23.1 Å². The zero-order chi connectivity index (χ0) is 44.2. The minimum Gasteiger partial charge on any atom is -0.491 e. The highest BCUT2D eigenvalue weighted by atomic mass is 79.9. The molecule has 0 aromatic carbocycles. The molecule has 0 aliphatic carbocycles. The van der Waals surface area contributed by atoms with Crippen molar-refractivity contribution in [3.63, 3.8) is 0 Å². The Hall–Kier alpha value is -3.95. The summed E-state index contributed by atoms with van der Waals surface area (Å²) in [5, 5.41) is 11.6. The van der Waals surface area contributed by atoms with Crippen LogP contribution in [0.1, 0.15) is 81.9 Å². The third kappa shape index (κ3) is 12.6. The van der Waals surface area contributed by atoms with Crippen LogP contribution in [0, 0.1) is 5.41 Å². The lowest BCUT2D eigenvalue weighted by Gasteiger charge is -2.20. The van der Waals surface area contributed by atoms with Crippen LogP contribution in [0.3, 0.4) is 0 Å².